The first kappa shape index (κ1) is 22.2. The number of rotatable bonds is 7. The van der Waals surface area contributed by atoms with E-state index in [2.05, 4.69) is 24.5 Å². The molecule has 4 amide bonds. The van der Waals surface area contributed by atoms with E-state index in [0.717, 1.165) is 23.3 Å². The summed E-state index contributed by atoms with van der Waals surface area (Å²) in [6.45, 7) is 5.94. The number of nitrogens with one attached hydrogen (secondary N) is 2. The quantitative estimate of drug-likeness (QED) is 0.600. The first-order chi connectivity index (χ1) is 12.7. The molecular formula is C20H29ClN4O3. The van der Waals surface area contributed by atoms with Gasteiger partial charge >= 0.3 is 6.03 Å². The van der Waals surface area contributed by atoms with Gasteiger partial charge in [0, 0.05) is 12.6 Å². The molecule has 1 heterocycles. The number of benzene rings is 1. The van der Waals surface area contributed by atoms with E-state index in [9.17, 15) is 14.4 Å². The van der Waals surface area contributed by atoms with E-state index >= 15 is 0 Å². The Morgan fingerprint density at radius 2 is 1.82 bits per heavy atom. The zero-order chi connectivity index (χ0) is 19.8. The molecule has 8 heteroatoms. The Balaban J connectivity index is 0.00000280. The Kier molecular flexibility index (Phi) is 6.72. The van der Waals surface area contributed by atoms with E-state index < -0.39 is 17.5 Å². The predicted octanol–water partition coefficient (Wildman–Crippen LogP) is 2.07. The van der Waals surface area contributed by atoms with Crippen LogP contribution < -0.4 is 16.4 Å². The van der Waals surface area contributed by atoms with Gasteiger partial charge in [0.2, 0.25) is 5.91 Å². The lowest BCUT2D eigenvalue weighted by atomic mass is 9.96. The summed E-state index contributed by atoms with van der Waals surface area (Å²) in [5, 5.41) is 5.46. The minimum absolute atomic E-state index is 0. The van der Waals surface area contributed by atoms with E-state index in [4.69, 9.17) is 5.73 Å². The summed E-state index contributed by atoms with van der Waals surface area (Å²) in [5.41, 5.74) is 7.44. The van der Waals surface area contributed by atoms with Crippen LogP contribution in [0, 0.1) is 5.92 Å². The number of imide groups is 1. The predicted molar refractivity (Wildman–Crippen MR) is 109 cm³/mol. The summed E-state index contributed by atoms with van der Waals surface area (Å²) >= 11 is 0. The van der Waals surface area contributed by atoms with Crippen molar-refractivity contribution in [2.75, 3.05) is 13.1 Å². The molecule has 154 valence electrons. The van der Waals surface area contributed by atoms with Crippen LogP contribution in [-0.4, -0.2) is 41.4 Å². The molecule has 7 nitrogen and oxygen atoms in total. The lowest BCUT2D eigenvalue weighted by molar-refractivity contribution is -0.135. The number of carbonyl (C=O) groups is 3. The second-order valence-corrected chi connectivity index (χ2v) is 8.03. The van der Waals surface area contributed by atoms with Crippen LogP contribution in [0.4, 0.5) is 4.79 Å². The summed E-state index contributed by atoms with van der Waals surface area (Å²) in [4.78, 5) is 37.9. The van der Waals surface area contributed by atoms with Crippen molar-refractivity contribution in [2.45, 2.75) is 51.1 Å². The summed E-state index contributed by atoms with van der Waals surface area (Å²) in [7, 11) is 0. The lowest BCUT2D eigenvalue weighted by Crippen LogP contribution is -2.47. The molecule has 2 unspecified atom stereocenters. The molecule has 1 aliphatic heterocycles. The van der Waals surface area contributed by atoms with Crippen LogP contribution in [0.25, 0.3) is 0 Å². The summed E-state index contributed by atoms with van der Waals surface area (Å²) in [6.07, 6.45) is 1.85. The molecule has 2 aliphatic rings. The van der Waals surface area contributed by atoms with Crippen molar-refractivity contribution in [3.63, 3.8) is 0 Å². The Labute approximate surface area is 171 Å². The molecule has 1 aromatic carbocycles. The highest BCUT2D eigenvalue weighted by Crippen LogP contribution is 2.42. The molecule has 0 spiro atoms. The van der Waals surface area contributed by atoms with Gasteiger partial charge in [-0.1, -0.05) is 38.1 Å². The molecule has 2 atom stereocenters. The fraction of sp³-hybridized carbons (Fsp3) is 0.550. The summed E-state index contributed by atoms with van der Waals surface area (Å²) < 4.78 is 0. The molecular weight excluding hydrogens is 380 g/mol. The van der Waals surface area contributed by atoms with E-state index in [1.807, 2.05) is 24.3 Å². The first-order valence-electron chi connectivity index (χ1n) is 9.48. The van der Waals surface area contributed by atoms with Gasteiger partial charge < -0.3 is 16.4 Å². The van der Waals surface area contributed by atoms with Gasteiger partial charge in [-0.2, -0.15) is 0 Å². The minimum atomic E-state index is -0.869. The largest absolute Gasteiger partial charge is 0.353 e. The van der Waals surface area contributed by atoms with Crippen LogP contribution in [-0.2, 0) is 9.59 Å². The van der Waals surface area contributed by atoms with Crippen molar-refractivity contribution < 1.29 is 14.4 Å². The van der Waals surface area contributed by atoms with Crippen molar-refractivity contribution in [1.29, 1.82) is 0 Å². The molecule has 3 rings (SSSR count). The monoisotopic (exact) mass is 408 g/mol. The Hall–Kier alpha value is -2.12. The van der Waals surface area contributed by atoms with Gasteiger partial charge in [0.1, 0.15) is 12.1 Å². The van der Waals surface area contributed by atoms with Gasteiger partial charge in [-0.3, -0.25) is 14.5 Å². The molecule has 1 saturated carbocycles. The third-order valence-electron chi connectivity index (χ3n) is 5.55. The number of nitrogens with two attached hydrogens (primary N) is 1. The van der Waals surface area contributed by atoms with Crippen molar-refractivity contribution in [1.82, 2.24) is 15.5 Å². The highest BCUT2D eigenvalue weighted by Gasteiger charge is 2.56. The Morgan fingerprint density at radius 1 is 1.25 bits per heavy atom. The average Bonchev–Trinajstić information content (AvgIpc) is 3.46. The molecule has 0 aromatic heterocycles. The molecule has 1 saturated heterocycles. The molecule has 0 bridgehead atoms. The van der Waals surface area contributed by atoms with Crippen LogP contribution in [0.5, 0.6) is 0 Å². The molecule has 4 N–H and O–H groups in total. The number of hydrogen-bond donors (Lipinski definition) is 3. The summed E-state index contributed by atoms with van der Waals surface area (Å²) in [6, 6.07) is 7.14. The number of urea groups is 1. The van der Waals surface area contributed by atoms with Crippen LogP contribution in [0.2, 0.25) is 0 Å². The topological polar surface area (TPSA) is 105 Å². The van der Waals surface area contributed by atoms with Gasteiger partial charge in [-0.15, -0.1) is 12.4 Å². The van der Waals surface area contributed by atoms with E-state index in [1.54, 1.807) is 6.92 Å². The van der Waals surface area contributed by atoms with Gasteiger partial charge in [-0.05, 0) is 42.7 Å². The van der Waals surface area contributed by atoms with Gasteiger partial charge in [0.25, 0.3) is 5.91 Å². The SMILES string of the molecule is CC(C)c1ccc(C(N)CNC(=O)CN2C(=O)NC(C)(C3CC3)C2=O)cc1.Cl. The Morgan fingerprint density at radius 3 is 2.36 bits per heavy atom. The molecule has 0 radical (unpaired) electrons. The average molecular weight is 409 g/mol. The van der Waals surface area contributed by atoms with Crippen molar-refractivity contribution >= 4 is 30.3 Å². The van der Waals surface area contributed by atoms with Crippen molar-refractivity contribution in [3.05, 3.63) is 35.4 Å². The van der Waals surface area contributed by atoms with E-state index in [-0.39, 0.29) is 43.4 Å². The van der Waals surface area contributed by atoms with Crippen molar-refractivity contribution in [3.8, 4) is 0 Å². The second-order valence-electron chi connectivity index (χ2n) is 8.03. The molecule has 1 aromatic rings. The third-order valence-corrected chi connectivity index (χ3v) is 5.55. The lowest BCUT2D eigenvalue weighted by Gasteiger charge is -2.21. The fourth-order valence-corrected chi connectivity index (χ4v) is 3.47. The maximum Gasteiger partial charge on any atom is 0.325 e. The molecule has 2 fully saturated rings. The maximum absolute atomic E-state index is 12.5. The fourth-order valence-electron chi connectivity index (χ4n) is 3.47. The van der Waals surface area contributed by atoms with Gasteiger partial charge in [-0.25, -0.2) is 4.79 Å². The van der Waals surface area contributed by atoms with Crippen LogP contribution in [0.15, 0.2) is 24.3 Å². The second kappa shape index (κ2) is 8.49. The Bertz CT molecular complexity index is 748. The van der Waals surface area contributed by atoms with Crippen LogP contribution in [0.3, 0.4) is 0 Å². The zero-order valence-corrected chi connectivity index (χ0v) is 17.3. The standard InChI is InChI=1S/C20H28N4O3.ClH/c1-12(2)13-4-6-14(7-5-13)16(21)10-22-17(25)11-24-18(26)20(3,15-8-9-15)23-19(24)27;/h4-7,12,15-16H,8-11,21H2,1-3H3,(H,22,25)(H,23,27);1H. The number of hydrogen-bond acceptors (Lipinski definition) is 4. The molecule has 28 heavy (non-hydrogen) atoms. The van der Waals surface area contributed by atoms with E-state index in [0.29, 0.717) is 5.92 Å². The van der Waals surface area contributed by atoms with Crippen LogP contribution >= 0.6 is 12.4 Å². The van der Waals surface area contributed by atoms with Gasteiger partial charge in [0.15, 0.2) is 0 Å². The maximum atomic E-state index is 12.5. The highest BCUT2D eigenvalue weighted by molar-refractivity contribution is 6.09. The van der Waals surface area contributed by atoms with Crippen LogP contribution in [0.1, 0.15) is 56.7 Å². The number of amides is 4. The highest BCUT2D eigenvalue weighted by atomic mass is 35.5. The number of carbonyl (C=O) groups excluding carboxylic acids is 3. The number of halogens is 1. The normalized spacial score (nSPS) is 22.7. The smallest absolute Gasteiger partial charge is 0.325 e. The minimum Gasteiger partial charge on any atom is -0.353 e. The molecule has 1 aliphatic carbocycles. The third kappa shape index (κ3) is 4.47. The van der Waals surface area contributed by atoms with Gasteiger partial charge in [0.05, 0.1) is 0 Å². The summed E-state index contributed by atoms with van der Waals surface area (Å²) in [5.74, 6) is -0.101. The van der Waals surface area contributed by atoms with Crippen molar-refractivity contribution in [2.24, 2.45) is 11.7 Å². The zero-order valence-electron chi connectivity index (χ0n) is 16.5. The van der Waals surface area contributed by atoms with E-state index in [1.165, 1.54) is 5.56 Å². The first-order valence-corrected chi connectivity index (χ1v) is 9.48. The number of nitrogens with zero attached hydrogens (tertiary/aromatic N) is 1.